The molecule has 23 heavy (non-hydrogen) atoms. The Labute approximate surface area is 136 Å². The van der Waals surface area contributed by atoms with Gasteiger partial charge in [0.15, 0.2) is 5.76 Å². The number of aryl methyl sites for hydroxylation is 2. The zero-order valence-electron chi connectivity index (χ0n) is 14.0. The lowest BCUT2D eigenvalue weighted by Gasteiger charge is -2.16. The normalized spacial score (nSPS) is 13.3. The van der Waals surface area contributed by atoms with Gasteiger partial charge in [-0.3, -0.25) is 0 Å². The van der Waals surface area contributed by atoms with E-state index in [1.54, 1.807) is 20.8 Å². The number of hydrogen-bond acceptors (Lipinski definition) is 5. The molecule has 1 N–H and O–H groups in total. The first-order chi connectivity index (χ1) is 10.7. The average molecular weight is 338 g/mol. The summed E-state index contributed by atoms with van der Waals surface area (Å²) in [5.41, 5.74) is 1.16. The molecule has 0 aliphatic heterocycles. The van der Waals surface area contributed by atoms with Crippen LogP contribution in [-0.4, -0.2) is 19.7 Å². The fraction of sp³-hybridized carbons (Fsp3) is 0.438. The molecule has 0 fully saturated rings. The van der Waals surface area contributed by atoms with Crippen LogP contribution in [0, 0.1) is 13.8 Å². The van der Waals surface area contributed by atoms with Gasteiger partial charge < -0.3 is 9.26 Å². The maximum Gasteiger partial charge on any atom is 0.246 e. The van der Waals surface area contributed by atoms with Crippen LogP contribution in [0.4, 0.5) is 0 Å². The van der Waals surface area contributed by atoms with Crippen LogP contribution >= 0.6 is 0 Å². The lowest BCUT2D eigenvalue weighted by molar-refractivity contribution is 0.242. The predicted octanol–water partition coefficient (Wildman–Crippen LogP) is 3.12. The number of nitrogens with zero attached hydrogens (tertiary/aromatic N) is 1. The predicted molar refractivity (Wildman–Crippen MR) is 86.9 cm³/mol. The molecular weight excluding hydrogens is 316 g/mol. The number of benzene rings is 1. The lowest BCUT2D eigenvalue weighted by Crippen LogP contribution is -2.27. The molecule has 0 saturated carbocycles. The van der Waals surface area contributed by atoms with Gasteiger partial charge in [-0.25, -0.2) is 13.1 Å². The van der Waals surface area contributed by atoms with Gasteiger partial charge in [-0.15, -0.1) is 0 Å². The van der Waals surface area contributed by atoms with E-state index in [2.05, 4.69) is 9.88 Å². The first-order valence-electron chi connectivity index (χ1n) is 7.42. The van der Waals surface area contributed by atoms with Crippen molar-refractivity contribution >= 4 is 10.0 Å². The summed E-state index contributed by atoms with van der Waals surface area (Å²) in [5, 5.41) is 3.70. The van der Waals surface area contributed by atoms with Crippen molar-refractivity contribution in [2.45, 2.75) is 51.7 Å². The minimum absolute atomic E-state index is 0.0551. The van der Waals surface area contributed by atoms with Crippen LogP contribution in [0.3, 0.4) is 0 Å². The number of ether oxygens (including phenoxy) is 1. The molecule has 1 heterocycles. The Morgan fingerprint density at radius 1 is 1.22 bits per heavy atom. The number of sulfonamides is 1. The van der Waals surface area contributed by atoms with Gasteiger partial charge in [-0.1, -0.05) is 17.3 Å². The van der Waals surface area contributed by atoms with Crippen molar-refractivity contribution in [2.75, 3.05) is 0 Å². The summed E-state index contributed by atoms with van der Waals surface area (Å²) >= 11 is 0. The summed E-state index contributed by atoms with van der Waals surface area (Å²) in [6.07, 6.45) is 0.0551. The molecule has 0 aliphatic rings. The maximum atomic E-state index is 12.5. The van der Waals surface area contributed by atoms with E-state index in [0.717, 1.165) is 5.56 Å². The van der Waals surface area contributed by atoms with Gasteiger partial charge in [0.1, 0.15) is 16.3 Å². The van der Waals surface area contributed by atoms with E-state index in [4.69, 9.17) is 9.26 Å². The van der Waals surface area contributed by atoms with E-state index in [1.165, 1.54) is 0 Å². The molecule has 1 aromatic heterocycles. The highest BCUT2D eigenvalue weighted by Gasteiger charge is 2.26. The Bertz CT molecular complexity index is 762. The summed E-state index contributed by atoms with van der Waals surface area (Å²) in [6.45, 7) is 8.85. The largest absolute Gasteiger partial charge is 0.491 e. The minimum Gasteiger partial charge on any atom is -0.491 e. The smallest absolute Gasteiger partial charge is 0.246 e. The summed E-state index contributed by atoms with van der Waals surface area (Å²) in [5.74, 6) is 0.986. The highest BCUT2D eigenvalue weighted by Crippen LogP contribution is 2.24. The maximum absolute atomic E-state index is 12.5. The van der Waals surface area contributed by atoms with Crippen LogP contribution < -0.4 is 9.46 Å². The second-order valence-corrected chi connectivity index (χ2v) is 7.39. The van der Waals surface area contributed by atoms with Gasteiger partial charge in [0.05, 0.1) is 6.10 Å². The summed E-state index contributed by atoms with van der Waals surface area (Å²) in [4.78, 5) is 0.0962. The van der Waals surface area contributed by atoms with Crippen LogP contribution in [-0.2, 0) is 10.0 Å². The Balaban J connectivity index is 2.23. The number of aromatic nitrogens is 1. The van der Waals surface area contributed by atoms with Crippen molar-refractivity contribution in [1.29, 1.82) is 0 Å². The average Bonchev–Trinajstić information content (AvgIpc) is 2.77. The number of hydrogen-bond donors (Lipinski definition) is 1. The molecule has 6 nitrogen and oxygen atoms in total. The molecule has 2 aromatic rings. The van der Waals surface area contributed by atoms with Gasteiger partial charge in [-0.05, 0) is 52.3 Å². The topological polar surface area (TPSA) is 81.4 Å². The zero-order chi connectivity index (χ0) is 17.2. The molecule has 7 heteroatoms. The fourth-order valence-corrected chi connectivity index (χ4v) is 3.91. The molecule has 1 aromatic carbocycles. The fourth-order valence-electron chi connectivity index (χ4n) is 2.35. The van der Waals surface area contributed by atoms with E-state index in [1.807, 2.05) is 38.1 Å². The molecule has 0 saturated heterocycles. The van der Waals surface area contributed by atoms with Crippen molar-refractivity contribution in [3.63, 3.8) is 0 Å². The second kappa shape index (κ2) is 6.72. The molecule has 1 atom stereocenters. The summed E-state index contributed by atoms with van der Waals surface area (Å²) in [6, 6.07) is 6.96. The van der Waals surface area contributed by atoms with Gasteiger partial charge >= 0.3 is 0 Å². The van der Waals surface area contributed by atoms with Crippen LogP contribution in [0.15, 0.2) is 33.7 Å². The van der Waals surface area contributed by atoms with Crippen LogP contribution in [0.25, 0.3) is 0 Å². The first-order valence-corrected chi connectivity index (χ1v) is 8.91. The van der Waals surface area contributed by atoms with Crippen molar-refractivity contribution in [3.8, 4) is 5.75 Å². The number of rotatable bonds is 6. The Hall–Kier alpha value is -1.86. The number of nitrogens with one attached hydrogen (secondary N) is 1. The SMILES string of the molecule is Cc1noc(C)c1S(=O)(=O)NC(C)c1cccc(OC(C)C)c1. The Morgan fingerprint density at radius 3 is 2.48 bits per heavy atom. The standard InChI is InChI=1S/C16H22N2O4S/c1-10(2)21-15-8-6-7-14(9-15)11(3)18-23(19,20)16-12(4)17-22-13(16)5/h6-11,18H,1-5H3. The molecule has 2 rings (SSSR count). The van der Waals surface area contributed by atoms with Crippen molar-refractivity contribution in [2.24, 2.45) is 0 Å². The molecular formula is C16H22N2O4S. The highest BCUT2D eigenvalue weighted by molar-refractivity contribution is 7.89. The molecule has 0 radical (unpaired) electrons. The molecule has 0 amide bonds. The third-order valence-corrected chi connectivity index (χ3v) is 5.08. The molecule has 126 valence electrons. The molecule has 1 unspecified atom stereocenters. The van der Waals surface area contributed by atoms with Crippen LogP contribution in [0.2, 0.25) is 0 Å². The third-order valence-electron chi connectivity index (χ3n) is 3.30. The monoisotopic (exact) mass is 338 g/mol. The van der Waals surface area contributed by atoms with Crippen molar-refractivity contribution in [1.82, 2.24) is 9.88 Å². The van der Waals surface area contributed by atoms with Gasteiger partial charge in [-0.2, -0.15) is 0 Å². The van der Waals surface area contributed by atoms with Crippen LogP contribution in [0.1, 0.15) is 43.8 Å². The zero-order valence-corrected chi connectivity index (χ0v) is 14.8. The van der Waals surface area contributed by atoms with E-state index >= 15 is 0 Å². The Morgan fingerprint density at radius 2 is 1.91 bits per heavy atom. The third kappa shape index (κ3) is 4.11. The van der Waals surface area contributed by atoms with Gasteiger partial charge in [0.25, 0.3) is 0 Å². The van der Waals surface area contributed by atoms with Gasteiger partial charge in [0, 0.05) is 6.04 Å². The van der Waals surface area contributed by atoms with Crippen molar-refractivity contribution < 1.29 is 17.7 Å². The van der Waals surface area contributed by atoms with E-state index in [0.29, 0.717) is 11.4 Å². The van der Waals surface area contributed by atoms with Crippen molar-refractivity contribution in [3.05, 3.63) is 41.3 Å². The second-order valence-electron chi connectivity index (χ2n) is 5.74. The summed E-state index contributed by atoms with van der Waals surface area (Å²) in [7, 11) is -3.71. The van der Waals surface area contributed by atoms with E-state index < -0.39 is 16.1 Å². The molecule has 0 bridgehead atoms. The summed E-state index contributed by atoms with van der Waals surface area (Å²) < 4.78 is 38.3. The van der Waals surface area contributed by atoms with E-state index in [9.17, 15) is 8.42 Å². The quantitative estimate of drug-likeness (QED) is 0.875. The first kappa shape index (κ1) is 17.5. The van der Waals surface area contributed by atoms with E-state index in [-0.39, 0.29) is 16.8 Å². The minimum atomic E-state index is -3.71. The lowest BCUT2D eigenvalue weighted by atomic mass is 10.1. The van der Waals surface area contributed by atoms with Gasteiger partial charge in [0.2, 0.25) is 10.0 Å². The Kier molecular flexibility index (Phi) is 5.11. The molecule has 0 aliphatic carbocycles. The van der Waals surface area contributed by atoms with Crippen LogP contribution in [0.5, 0.6) is 5.75 Å². The highest BCUT2D eigenvalue weighted by atomic mass is 32.2. The molecule has 0 spiro atoms.